The number of benzene rings is 2. The second kappa shape index (κ2) is 14.6. The molecule has 0 radical (unpaired) electrons. The van der Waals surface area contributed by atoms with Crippen molar-refractivity contribution in [2.75, 3.05) is 13.7 Å². The van der Waals surface area contributed by atoms with E-state index in [-0.39, 0.29) is 0 Å². The summed E-state index contributed by atoms with van der Waals surface area (Å²) in [4.78, 5) is 0. The molecule has 0 bridgehead atoms. The van der Waals surface area contributed by atoms with Crippen molar-refractivity contribution in [1.29, 1.82) is 0 Å². The van der Waals surface area contributed by atoms with Crippen LogP contribution < -0.4 is 9.47 Å². The summed E-state index contributed by atoms with van der Waals surface area (Å²) in [7, 11) is 1.66. The van der Waals surface area contributed by atoms with E-state index in [1.165, 1.54) is 63.4 Å². The summed E-state index contributed by atoms with van der Waals surface area (Å²) in [5.41, 5.74) is 2.79. The first-order chi connectivity index (χ1) is 14.7. The third-order valence-corrected chi connectivity index (χ3v) is 5.22. The Kier molecular flexibility index (Phi) is 11.6. The number of hydrogen-bond donors (Lipinski definition) is 0. The van der Waals surface area contributed by atoms with E-state index >= 15 is 0 Å². The van der Waals surface area contributed by atoms with Crippen LogP contribution in [0.3, 0.4) is 0 Å². The third kappa shape index (κ3) is 9.43. The maximum atomic E-state index is 5.93. The number of unbranched alkanes of at least 4 members (excludes halogenated alkanes) is 9. The number of nitrogens with zero attached hydrogens (tertiary/aromatic N) is 2. The minimum absolute atomic E-state index is 0.697. The van der Waals surface area contributed by atoms with Gasteiger partial charge in [0.1, 0.15) is 0 Å². The van der Waals surface area contributed by atoms with E-state index in [2.05, 4.69) is 24.1 Å². The van der Waals surface area contributed by atoms with E-state index in [0.717, 1.165) is 30.2 Å². The summed E-state index contributed by atoms with van der Waals surface area (Å²) in [6.07, 6.45) is 13.2. The first-order valence-electron chi connectivity index (χ1n) is 11.5. The molecule has 0 aliphatic heterocycles. The third-order valence-electron chi connectivity index (χ3n) is 5.22. The smallest absolute Gasteiger partial charge is 0.162 e. The molecule has 0 unspecified atom stereocenters. The average molecular weight is 411 g/mol. The zero-order valence-electron chi connectivity index (χ0n) is 19.0. The van der Waals surface area contributed by atoms with E-state index in [9.17, 15) is 0 Å². The molecule has 30 heavy (non-hydrogen) atoms. The van der Waals surface area contributed by atoms with Crippen LogP contribution in [0.1, 0.15) is 76.7 Å². The number of azo groups is 1. The lowest BCUT2D eigenvalue weighted by atomic mass is 10.1. The van der Waals surface area contributed by atoms with Crippen molar-refractivity contribution >= 4 is 11.4 Å². The molecule has 0 saturated carbocycles. The van der Waals surface area contributed by atoms with Crippen LogP contribution in [-0.4, -0.2) is 13.7 Å². The average Bonchev–Trinajstić information content (AvgIpc) is 2.77. The summed E-state index contributed by atoms with van der Waals surface area (Å²) < 4.78 is 11.4. The highest BCUT2D eigenvalue weighted by Crippen LogP contribution is 2.32. The van der Waals surface area contributed by atoms with Crippen molar-refractivity contribution in [3.05, 3.63) is 48.0 Å². The molecule has 4 heteroatoms. The van der Waals surface area contributed by atoms with Crippen molar-refractivity contribution in [1.82, 2.24) is 0 Å². The van der Waals surface area contributed by atoms with Crippen LogP contribution >= 0.6 is 0 Å². The minimum Gasteiger partial charge on any atom is -0.493 e. The topological polar surface area (TPSA) is 43.2 Å². The van der Waals surface area contributed by atoms with Crippen LogP contribution in [0.2, 0.25) is 0 Å². The Labute approximate surface area is 182 Å². The number of aryl methyl sites for hydroxylation is 1. The van der Waals surface area contributed by atoms with Gasteiger partial charge >= 0.3 is 0 Å². The van der Waals surface area contributed by atoms with E-state index in [1.807, 2.05) is 42.5 Å². The van der Waals surface area contributed by atoms with Gasteiger partial charge in [-0.25, -0.2) is 0 Å². The quantitative estimate of drug-likeness (QED) is 0.217. The van der Waals surface area contributed by atoms with Crippen molar-refractivity contribution in [2.24, 2.45) is 10.2 Å². The predicted octanol–water partition coefficient (Wildman–Crippen LogP) is 8.72. The Morgan fingerprint density at radius 3 is 1.87 bits per heavy atom. The van der Waals surface area contributed by atoms with Crippen molar-refractivity contribution in [3.8, 4) is 11.5 Å². The van der Waals surface area contributed by atoms with Gasteiger partial charge in [0.05, 0.1) is 25.1 Å². The van der Waals surface area contributed by atoms with Gasteiger partial charge in [-0.3, -0.25) is 0 Å². The van der Waals surface area contributed by atoms with Gasteiger partial charge in [-0.2, -0.15) is 10.2 Å². The number of rotatable bonds is 15. The molecule has 0 aliphatic rings. The van der Waals surface area contributed by atoms with Crippen molar-refractivity contribution in [2.45, 2.75) is 78.1 Å². The number of methoxy groups -OCH3 is 1. The van der Waals surface area contributed by atoms with Gasteiger partial charge in [-0.1, -0.05) is 82.4 Å². The maximum Gasteiger partial charge on any atom is 0.162 e. The van der Waals surface area contributed by atoms with Gasteiger partial charge in [-0.15, -0.1) is 0 Å². The monoisotopic (exact) mass is 410 g/mol. The van der Waals surface area contributed by atoms with E-state index < -0.39 is 0 Å². The van der Waals surface area contributed by atoms with Crippen LogP contribution in [-0.2, 0) is 0 Å². The highest BCUT2D eigenvalue weighted by Gasteiger charge is 2.06. The zero-order chi connectivity index (χ0) is 21.4. The van der Waals surface area contributed by atoms with Gasteiger partial charge in [-0.05, 0) is 37.6 Å². The molecule has 0 aliphatic carbocycles. The molecule has 0 fully saturated rings. The fourth-order valence-corrected chi connectivity index (χ4v) is 3.34. The van der Waals surface area contributed by atoms with Crippen LogP contribution in [0.25, 0.3) is 0 Å². The summed E-state index contributed by atoms with van der Waals surface area (Å²) in [6.45, 7) is 5.04. The molecule has 0 aromatic heterocycles. The Balaban J connectivity index is 1.68. The van der Waals surface area contributed by atoms with Gasteiger partial charge in [0, 0.05) is 6.07 Å². The van der Waals surface area contributed by atoms with Crippen LogP contribution in [0.5, 0.6) is 11.5 Å². The van der Waals surface area contributed by atoms with E-state index in [4.69, 9.17) is 9.47 Å². The normalized spacial score (nSPS) is 11.2. The van der Waals surface area contributed by atoms with Crippen LogP contribution in [0.4, 0.5) is 11.4 Å². The molecule has 0 atom stereocenters. The second-order valence-electron chi connectivity index (χ2n) is 7.90. The molecule has 2 aromatic rings. The Bertz CT molecular complexity index is 741. The fourth-order valence-electron chi connectivity index (χ4n) is 3.34. The van der Waals surface area contributed by atoms with Crippen molar-refractivity contribution < 1.29 is 9.47 Å². The molecule has 0 N–H and O–H groups in total. The van der Waals surface area contributed by atoms with E-state index in [0.29, 0.717) is 5.75 Å². The molecule has 0 saturated heterocycles. The molecule has 2 rings (SSSR count). The molecule has 2 aromatic carbocycles. The summed E-state index contributed by atoms with van der Waals surface area (Å²) in [6, 6.07) is 13.7. The van der Waals surface area contributed by atoms with Gasteiger partial charge < -0.3 is 9.47 Å². The molecule has 0 amide bonds. The largest absolute Gasteiger partial charge is 0.493 e. The first-order valence-corrected chi connectivity index (χ1v) is 11.5. The molecule has 0 heterocycles. The minimum atomic E-state index is 0.697. The van der Waals surface area contributed by atoms with E-state index in [1.54, 1.807) is 7.11 Å². The highest BCUT2D eigenvalue weighted by molar-refractivity contribution is 5.51. The summed E-state index contributed by atoms with van der Waals surface area (Å²) in [5.74, 6) is 1.46. The van der Waals surface area contributed by atoms with Gasteiger partial charge in [0.2, 0.25) is 0 Å². The Hall–Kier alpha value is -2.36. The first kappa shape index (κ1) is 23.9. The van der Waals surface area contributed by atoms with Gasteiger partial charge in [0.15, 0.2) is 11.5 Å². The van der Waals surface area contributed by atoms with Gasteiger partial charge in [0.25, 0.3) is 0 Å². The molecule has 0 spiro atoms. The molecular weight excluding hydrogens is 372 g/mol. The number of ether oxygens (including phenoxy) is 2. The van der Waals surface area contributed by atoms with Crippen LogP contribution in [0, 0.1) is 6.92 Å². The second-order valence-corrected chi connectivity index (χ2v) is 7.90. The Morgan fingerprint density at radius 1 is 0.667 bits per heavy atom. The lowest BCUT2D eigenvalue weighted by Gasteiger charge is -2.11. The van der Waals surface area contributed by atoms with Crippen LogP contribution in [0.15, 0.2) is 52.7 Å². The molecule has 164 valence electrons. The fraction of sp³-hybridized carbons (Fsp3) is 0.538. The zero-order valence-corrected chi connectivity index (χ0v) is 19.0. The predicted molar refractivity (Wildman–Crippen MR) is 126 cm³/mol. The summed E-state index contributed by atoms with van der Waals surface area (Å²) in [5, 5.41) is 8.59. The Morgan fingerprint density at radius 2 is 1.23 bits per heavy atom. The van der Waals surface area contributed by atoms with Crippen molar-refractivity contribution in [3.63, 3.8) is 0 Å². The summed E-state index contributed by atoms with van der Waals surface area (Å²) >= 11 is 0. The maximum absolute atomic E-state index is 5.93. The lowest BCUT2D eigenvalue weighted by Crippen LogP contribution is -1.99. The molecular formula is C26H38N2O2. The SMILES string of the molecule is CCCCCCCCCCCCOc1ccc(N=Nc2ccc(C)cc2)cc1OC. The highest BCUT2D eigenvalue weighted by atomic mass is 16.5. The lowest BCUT2D eigenvalue weighted by molar-refractivity contribution is 0.284. The number of hydrogen-bond acceptors (Lipinski definition) is 4. The standard InChI is InChI=1S/C26H38N2O2/c1-4-5-6-7-8-9-10-11-12-13-20-30-25-19-18-24(21-26(25)29-3)28-27-23-16-14-22(2)15-17-23/h14-19,21H,4-13,20H2,1-3H3. The molecule has 4 nitrogen and oxygen atoms in total.